The summed E-state index contributed by atoms with van der Waals surface area (Å²) < 4.78 is 21.7. The van der Waals surface area contributed by atoms with Crippen molar-refractivity contribution >= 4 is 34.6 Å². The van der Waals surface area contributed by atoms with Crippen LogP contribution in [0.3, 0.4) is 0 Å². The fourth-order valence-corrected chi connectivity index (χ4v) is 7.38. The number of benzene rings is 2. The molecule has 6 nitrogen and oxygen atoms in total. The van der Waals surface area contributed by atoms with Crippen molar-refractivity contribution in [3.05, 3.63) is 70.3 Å². The van der Waals surface area contributed by atoms with Crippen LogP contribution in [0.2, 0.25) is 5.02 Å². The third-order valence-corrected chi connectivity index (χ3v) is 9.87. The number of carbonyl (C=O) groups excluding carboxylic acids is 1. The summed E-state index contributed by atoms with van der Waals surface area (Å²) in [6, 6.07) is 11.6. The number of nitrogens with zero attached hydrogens (tertiary/aromatic N) is 1. The van der Waals surface area contributed by atoms with Gasteiger partial charge < -0.3 is 19.3 Å². The summed E-state index contributed by atoms with van der Waals surface area (Å²) in [5.74, 6) is 1.47. The van der Waals surface area contributed by atoms with E-state index in [0.29, 0.717) is 30.3 Å². The van der Waals surface area contributed by atoms with Gasteiger partial charge in [-0.1, -0.05) is 50.1 Å². The Labute approximate surface area is 240 Å². The molecule has 0 radical (unpaired) electrons. The lowest BCUT2D eigenvalue weighted by molar-refractivity contribution is 0.0180. The molecule has 2 N–H and O–H groups in total. The molecule has 1 fully saturated rings. The predicted octanol–water partition coefficient (Wildman–Crippen LogP) is 5.65. The van der Waals surface area contributed by atoms with E-state index in [1.165, 1.54) is 11.1 Å². The molecule has 1 aliphatic carbocycles. The van der Waals surface area contributed by atoms with Gasteiger partial charge in [-0.05, 0) is 79.0 Å². The van der Waals surface area contributed by atoms with Crippen molar-refractivity contribution < 1.29 is 19.2 Å². The van der Waals surface area contributed by atoms with Gasteiger partial charge >= 0.3 is 0 Å². The smallest absolute Gasteiger partial charge is 0.292 e. The maximum atomic E-state index is 13.1. The summed E-state index contributed by atoms with van der Waals surface area (Å²) in [6.07, 6.45) is 8.24. The lowest BCUT2D eigenvalue weighted by atomic mass is 9.69. The molecule has 2 aliphatic heterocycles. The van der Waals surface area contributed by atoms with Gasteiger partial charge in [0.1, 0.15) is 11.5 Å². The molecule has 3 aliphatic rings. The van der Waals surface area contributed by atoms with Gasteiger partial charge in [0.25, 0.3) is 5.91 Å². The van der Waals surface area contributed by atoms with Gasteiger partial charge in [-0.3, -0.25) is 4.79 Å². The molecule has 210 valence electrons. The van der Waals surface area contributed by atoms with Crippen LogP contribution < -0.4 is 14.4 Å². The maximum absolute atomic E-state index is 13.1. The van der Waals surface area contributed by atoms with Crippen molar-refractivity contribution in [2.75, 3.05) is 30.3 Å². The van der Waals surface area contributed by atoms with E-state index in [4.69, 9.17) is 16.3 Å². The molecule has 1 amide bonds. The highest BCUT2D eigenvalue weighted by Gasteiger charge is 2.38. The zero-order valence-electron chi connectivity index (χ0n) is 22.8. The Balaban J connectivity index is 1.50. The quantitative estimate of drug-likeness (QED) is 0.368. The first-order valence-corrected chi connectivity index (χ1v) is 15.9. The number of fused-ring (bicyclic) bond motifs is 2. The molecule has 0 saturated heterocycles. The van der Waals surface area contributed by atoms with Gasteiger partial charge in [0.05, 0.1) is 29.8 Å². The third-order valence-electron chi connectivity index (χ3n) is 8.40. The number of anilines is 1. The molecule has 0 spiro atoms. The second kappa shape index (κ2) is 12.5. The number of aryl methyl sites for hydroxylation is 1. The minimum atomic E-state index is -1.50. The summed E-state index contributed by atoms with van der Waals surface area (Å²) in [5, 5.41) is 11.8. The van der Waals surface area contributed by atoms with Crippen molar-refractivity contribution in [2.24, 2.45) is 17.8 Å². The summed E-state index contributed by atoms with van der Waals surface area (Å²) in [7, 11) is 0. The molecule has 2 aromatic carbocycles. The van der Waals surface area contributed by atoms with Crippen molar-refractivity contribution in [1.29, 1.82) is 0 Å². The van der Waals surface area contributed by atoms with Crippen LogP contribution >= 0.6 is 11.6 Å². The standard InChI is InChI=1S/C31H39ClN2O4S/c1-3-5-21-14-25(32)10-12-26(21)24-17-34-16-23-8-11-27(23)29(35)7-4-6-20(2)19-39(37)33-31(36)22-9-13-30(38-18-24)28(34)15-22/h4,6,9-10,12-15,20,23-24,27,29,35H,3,5,7-8,11,16-19H2,1-2H3,(H,33,36)/b6-4+/t20-,23?,24?,27?,29?,39?/m1/s1. The topological polar surface area (TPSA) is 84.9 Å². The summed E-state index contributed by atoms with van der Waals surface area (Å²) in [6.45, 7) is 6.19. The number of hydrogen-bond donors (Lipinski definition) is 2. The first-order chi connectivity index (χ1) is 18.8. The molecule has 6 atom stereocenters. The second-order valence-corrected chi connectivity index (χ2v) is 13.0. The third kappa shape index (κ3) is 6.59. The van der Waals surface area contributed by atoms with E-state index < -0.39 is 17.5 Å². The monoisotopic (exact) mass is 570 g/mol. The van der Waals surface area contributed by atoms with Crippen LogP contribution in [0.15, 0.2) is 48.6 Å². The first-order valence-electron chi connectivity index (χ1n) is 14.2. The highest BCUT2D eigenvalue weighted by molar-refractivity contribution is 7.90. The van der Waals surface area contributed by atoms with Crippen molar-refractivity contribution in [3.8, 4) is 5.75 Å². The van der Waals surface area contributed by atoms with E-state index in [1.54, 1.807) is 6.07 Å². The molecular formula is C31H39ClN2O4S. The van der Waals surface area contributed by atoms with Crippen molar-refractivity contribution in [1.82, 2.24) is 4.72 Å². The normalized spacial score (nSPS) is 30.3. The van der Waals surface area contributed by atoms with Crippen molar-refractivity contribution in [3.63, 3.8) is 0 Å². The number of nitrogens with one attached hydrogen (secondary N) is 1. The number of carbonyl (C=O) groups is 1. The van der Waals surface area contributed by atoms with Gasteiger partial charge in [0.2, 0.25) is 0 Å². The largest absolute Gasteiger partial charge is 0.593 e. The molecule has 5 rings (SSSR count). The Morgan fingerprint density at radius 2 is 2.05 bits per heavy atom. The fourth-order valence-electron chi connectivity index (χ4n) is 6.19. The Morgan fingerprint density at radius 3 is 2.82 bits per heavy atom. The molecule has 5 unspecified atom stereocenters. The SMILES string of the molecule is CCCc1cc(Cl)ccc1C1COc2ccc3cc2N(C1)CC1CCC1C(O)C/C=C/[C@@H](C)C[S+]([O-])NC3=O. The van der Waals surface area contributed by atoms with Crippen LogP contribution in [0, 0.1) is 17.8 Å². The highest BCUT2D eigenvalue weighted by Crippen LogP contribution is 2.43. The van der Waals surface area contributed by atoms with Gasteiger partial charge in [0.15, 0.2) is 0 Å². The Hall–Kier alpha value is -2.19. The number of ether oxygens (including phenoxy) is 1. The van der Waals surface area contributed by atoms with Gasteiger partial charge in [-0.2, -0.15) is 4.72 Å². The highest BCUT2D eigenvalue weighted by atomic mass is 35.5. The van der Waals surface area contributed by atoms with Crippen LogP contribution in [0.4, 0.5) is 5.69 Å². The molecule has 2 aromatic rings. The van der Waals surface area contributed by atoms with Crippen LogP contribution in [-0.4, -0.2) is 47.1 Å². The molecular weight excluding hydrogens is 532 g/mol. The summed E-state index contributed by atoms with van der Waals surface area (Å²) in [4.78, 5) is 15.4. The minimum absolute atomic E-state index is 0.0294. The van der Waals surface area contributed by atoms with E-state index in [0.717, 1.165) is 55.2 Å². The van der Waals surface area contributed by atoms with Crippen LogP contribution in [0.5, 0.6) is 5.75 Å². The lowest BCUT2D eigenvalue weighted by Gasteiger charge is -2.43. The fraction of sp³-hybridized carbons (Fsp3) is 0.516. The van der Waals surface area contributed by atoms with E-state index in [9.17, 15) is 14.5 Å². The first kappa shape index (κ1) is 28.3. The minimum Gasteiger partial charge on any atom is -0.593 e. The molecule has 1 saturated carbocycles. The van der Waals surface area contributed by atoms with Crippen molar-refractivity contribution in [2.45, 2.75) is 58.0 Å². The number of amides is 1. The molecule has 0 aromatic heterocycles. The van der Waals surface area contributed by atoms with E-state index in [-0.39, 0.29) is 23.7 Å². The zero-order chi connectivity index (χ0) is 27.5. The van der Waals surface area contributed by atoms with E-state index in [2.05, 4.69) is 28.7 Å². The Morgan fingerprint density at radius 1 is 1.21 bits per heavy atom. The van der Waals surface area contributed by atoms with Crippen LogP contribution in [0.25, 0.3) is 0 Å². The lowest BCUT2D eigenvalue weighted by Crippen LogP contribution is -2.44. The number of allylic oxidation sites excluding steroid dienone is 1. The molecule has 39 heavy (non-hydrogen) atoms. The molecule has 2 heterocycles. The molecule has 2 bridgehead atoms. The van der Waals surface area contributed by atoms with E-state index >= 15 is 0 Å². The average molecular weight is 571 g/mol. The number of halogens is 1. The number of aliphatic hydroxyl groups is 1. The maximum Gasteiger partial charge on any atom is 0.292 e. The number of hydrogen-bond acceptors (Lipinski definition) is 5. The number of rotatable bonds is 3. The number of aliphatic hydroxyl groups excluding tert-OH is 1. The van der Waals surface area contributed by atoms with Gasteiger partial charge in [0, 0.05) is 35.5 Å². The molecule has 8 heteroatoms. The Bertz CT molecular complexity index is 1210. The van der Waals surface area contributed by atoms with Crippen LogP contribution in [-0.2, 0) is 17.8 Å². The summed E-state index contributed by atoms with van der Waals surface area (Å²) in [5.41, 5.74) is 3.84. The zero-order valence-corrected chi connectivity index (χ0v) is 24.3. The van der Waals surface area contributed by atoms with E-state index in [1.807, 2.05) is 37.3 Å². The van der Waals surface area contributed by atoms with Gasteiger partial charge in [-0.25, -0.2) is 0 Å². The predicted molar refractivity (Wildman–Crippen MR) is 158 cm³/mol. The van der Waals surface area contributed by atoms with Gasteiger partial charge in [-0.15, -0.1) is 0 Å². The second-order valence-electron chi connectivity index (χ2n) is 11.3. The Kier molecular flexibility index (Phi) is 9.12. The van der Waals surface area contributed by atoms with Crippen LogP contribution in [0.1, 0.15) is 66.9 Å². The average Bonchev–Trinajstić information content (AvgIpc) is 3.05. The summed E-state index contributed by atoms with van der Waals surface area (Å²) >= 11 is 4.86.